The highest BCUT2D eigenvalue weighted by Gasteiger charge is 2.34. The molecule has 1 saturated heterocycles. The van der Waals surface area contributed by atoms with Crippen molar-refractivity contribution in [2.75, 3.05) is 29.5 Å². The summed E-state index contributed by atoms with van der Waals surface area (Å²) in [5.74, 6) is 0.784. The van der Waals surface area contributed by atoms with Gasteiger partial charge in [-0.25, -0.2) is 8.42 Å². The highest BCUT2D eigenvalue weighted by molar-refractivity contribution is 7.92. The van der Waals surface area contributed by atoms with Gasteiger partial charge in [-0.2, -0.15) is 0 Å². The lowest BCUT2D eigenvalue weighted by atomic mass is 10.0. The molecule has 5 nitrogen and oxygen atoms in total. The third-order valence-corrected chi connectivity index (χ3v) is 7.46. The third kappa shape index (κ3) is 2.81. The Bertz CT molecular complexity index is 654. The second-order valence-electron chi connectivity index (χ2n) is 5.80. The molecule has 0 spiro atoms. The fraction of sp³-hybridized carbons (Fsp3) is 0.643. The quantitative estimate of drug-likeness (QED) is 0.858. The highest BCUT2D eigenvalue weighted by atomic mass is 32.2. The number of nitrogens with two attached hydrogens (primary N) is 1. The van der Waals surface area contributed by atoms with Crippen LogP contribution >= 0.6 is 11.3 Å². The van der Waals surface area contributed by atoms with Crippen molar-refractivity contribution in [1.29, 1.82) is 0 Å². The van der Waals surface area contributed by atoms with Crippen molar-refractivity contribution in [3.05, 3.63) is 4.88 Å². The highest BCUT2D eigenvalue weighted by Crippen LogP contribution is 2.44. The molecule has 0 aliphatic carbocycles. The Labute approximate surface area is 130 Å². The monoisotopic (exact) mass is 330 g/mol. The van der Waals surface area contributed by atoms with E-state index in [2.05, 4.69) is 18.7 Å². The predicted molar refractivity (Wildman–Crippen MR) is 87.0 cm³/mol. The molecule has 2 atom stereocenters. The van der Waals surface area contributed by atoms with Crippen LogP contribution in [0.1, 0.15) is 37.4 Å². The van der Waals surface area contributed by atoms with Crippen LogP contribution in [0.25, 0.3) is 0 Å². The van der Waals surface area contributed by atoms with Crippen molar-refractivity contribution in [3.8, 4) is 0 Å². The SMILES string of the molecule is CCS(=O)(=O)c1c(N2CC(C)C(C)C2)sc(C(C)=O)c1N. The smallest absolute Gasteiger partial charge is 0.183 e. The van der Waals surface area contributed by atoms with Crippen LogP contribution in [0.3, 0.4) is 0 Å². The summed E-state index contributed by atoms with van der Waals surface area (Å²) in [5, 5.41) is 0.635. The lowest BCUT2D eigenvalue weighted by molar-refractivity contribution is 0.102. The van der Waals surface area contributed by atoms with E-state index in [0.717, 1.165) is 13.1 Å². The Morgan fingerprint density at radius 3 is 2.29 bits per heavy atom. The zero-order valence-electron chi connectivity index (χ0n) is 12.8. The second-order valence-corrected chi connectivity index (χ2v) is 9.01. The molecule has 0 aromatic carbocycles. The zero-order chi connectivity index (χ0) is 15.9. The van der Waals surface area contributed by atoms with Gasteiger partial charge in [0, 0.05) is 20.0 Å². The second kappa shape index (κ2) is 5.61. The number of carbonyl (C=O) groups is 1. The number of hydrogen-bond donors (Lipinski definition) is 1. The Hall–Kier alpha value is -1.08. The number of rotatable bonds is 4. The minimum atomic E-state index is -3.45. The van der Waals surface area contributed by atoms with Gasteiger partial charge in [0.25, 0.3) is 0 Å². The number of anilines is 2. The molecule has 1 fully saturated rings. The Kier molecular flexibility index (Phi) is 4.35. The normalized spacial score (nSPS) is 22.8. The maximum atomic E-state index is 12.4. The molecule has 2 rings (SSSR count). The fourth-order valence-electron chi connectivity index (χ4n) is 2.63. The van der Waals surface area contributed by atoms with Crippen molar-refractivity contribution in [2.24, 2.45) is 11.8 Å². The summed E-state index contributed by atoms with van der Waals surface area (Å²) in [6.07, 6.45) is 0. The van der Waals surface area contributed by atoms with Crippen LogP contribution in [0, 0.1) is 11.8 Å². The fourth-order valence-corrected chi connectivity index (χ4v) is 5.35. The topological polar surface area (TPSA) is 80.5 Å². The summed E-state index contributed by atoms with van der Waals surface area (Å²) < 4.78 is 24.8. The van der Waals surface area contributed by atoms with Crippen molar-refractivity contribution in [1.82, 2.24) is 0 Å². The van der Waals surface area contributed by atoms with E-state index in [9.17, 15) is 13.2 Å². The molecule has 0 amide bonds. The number of hydrogen-bond acceptors (Lipinski definition) is 6. The first-order valence-electron chi connectivity index (χ1n) is 7.09. The number of sulfone groups is 1. The molecule has 0 saturated carbocycles. The molecule has 2 N–H and O–H groups in total. The van der Waals surface area contributed by atoms with Gasteiger partial charge in [-0.05, 0) is 11.8 Å². The molecule has 2 unspecified atom stereocenters. The number of carbonyl (C=O) groups excluding carboxylic acids is 1. The number of nitrogens with zero attached hydrogens (tertiary/aromatic N) is 1. The van der Waals surface area contributed by atoms with Crippen LogP contribution in [0.2, 0.25) is 0 Å². The van der Waals surface area contributed by atoms with Gasteiger partial charge in [-0.15, -0.1) is 11.3 Å². The first-order chi connectivity index (χ1) is 9.69. The van der Waals surface area contributed by atoms with Gasteiger partial charge in [0.1, 0.15) is 9.90 Å². The van der Waals surface area contributed by atoms with Crippen molar-refractivity contribution in [2.45, 2.75) is 32.6 Å². The number of ketones is 1. The van der Waals surface area contributed by atoms with Crippen LogP contribution in [0.15, 0.2) is 4.90 Å². The average molecular weight is 330 g/mol. The standard InChI is InChI=1S/C14H22N2O3S2/c1-5-21(18,19)13-11(15)12(10(4)17)20-14(13)16-6-8(2)9(3)7-16/h8-9H,5-7,15H2,1-4H3. The van der Waals surface area contributed by atoms with Crippen LogP contribution < -0.4 is 10.6 Å². The van der Waals surface area contributed by atoms with E-state index in [0.29, 0.717) is 21.7 Å². The molecule has 0 radical (unpaired) electrons. The van der Waals surface area contributed by atoms with Crippen molar-refractivity contribution in [3.63, 3.8) is 0 Å². The van der Waals surface area contributed by atoms with Gasteiger partial charge in [-0.1, -0.05) is 20.8 Å². The molecule has 7 heteroatoms. The molecule has 1 aromatic heterocycles. The van der Waals surface area contributed by atoms with E-state index in [-0.39, 0.29) is 22.1 Å². The summed E-state index contributed by atoms with van der Waals surface area (Å²) in [6.45, 7) is 8.92. The largest absolute Gasteiger partial charge is 0.396 e. The van der Waals surface area contributed by atoms with E-state index in [4.69, 9.17) is 5.73 Å². The first-order valence-corrected chi connectivity index (χ1v) is 9.56. The number of nitrogen functional groups attached to an aromatic ring is 1. The maximum absolute atomic E-state index is 12.4. The summed E-state index contributed by atoms with van der Waals surface area (Å²) in [5.41, 5.74) is 6.11. The Morgan fingerprint density at radius 1 is 1.33 bits per heavy atom. The van der Waals surface area contributed by atoms with Gasteiger partial charge in [0.15, 0.2) is 15.6 Å². The first kappa shape index (κ1) is 16.3. The predicted octanol–water partition coefficient (Wildman–Crippen LogP) is 2.42. The molecular weight excluding hydrogens is 308 g/mol. The third-order valence-electron chi connectivity index (χ3n) is 4.17. The lowest BCUT2D eigenvalue weighted by Crippen LogP contribution is -2.21. The molecule has 1 aromatic rings. The van der Waals surface area contributed by atoms with Crippen LogP contribution in [0.5, 0.6) is 0 Å². The number of thiophene rings is 1. The van der Waals surface area contributed by atoms with Crippen molar-refractivity contribution < 1.29 is 13.2 Å². The average Bonchev–Trinajstić information content (AvgIpc) is 2.91. The van der Waals surface area contributed by atoms with Crippen LogP contribution in [-0.2, 0) is 9.84 Å². The van der Waals surface area contributed by atoms with Gasteiger partial charge in [0.05, 0.1) is 16.3 Å². The maximum Gasteiger partial charge on any atom is 0.183 e. The number of Topliss-reactive ketones (excluding diaryl/α,β-unsaturated/α-hetero) is 1. The summed E-state index contributed by atoms with van der Waals surface area (Å²) in [4.78, 5) is 14.3. The Balaban J connectivity index is 2.60. The minimum Gasteiger partial charge on any atom is -0.396 e. The van der Waals surface area contributed by atoms with Gasteiger partial charge in [-0.3, -0.25) is 4.79 Å². The summed E-state index contributed by atoms with van der Waals surface area (Å²) >= 11 is 1.21. The van der Waals surface area contributed by atoms with E-state index in [1.807, 2.05) is 0 Å². The molecule has 1 aliphatic heterocycles. The molecular formula is C14H22N2O3S2. The summed E-state index contributed by atoms with van der Waals surface area (Å²) in [7, 11) is -3.45. The summed E-state index contributed by atoms with van der Waals surface area (Å²) in [6, 6.07) is 0. The molecule has 0 bridgehead atoms. The molecule has 1 aliphatic rings. The van der Waals surface area contributed by atoms with Gasteiger partial charge >= 0.3 is 0 Å². The zero-order valence-corrected chi connectivity index (χ0v) is 14.5. The molecule has 2 heterocycles. The van der Waals surface area contributed by atoms with E-state index in [1.165, 1.54) is 18.3 Å². The van der Waals surface area contributed by atoms with E-state index < -0.39 is 9.84 Å². The lowest BCUT2D eigenvalue weighted by Gasteiger charge is -2.18. The van der Waals surface area contributed by atoms with Crippen LogP contribution in [0.4, 0.5) is 10.7 Å². The van der Waals surface area contributed by atoms with Gasteiger partial charge in [0.2, 0.25) is 0 Å². The molecule has 21 heavy (non-hydrogen) atoms. The van der Waals surface area contributed by atoms with Gasteiger partial charge < -0.3 is 10.6 Å². The Morgan fingerprint density at radius 2 is 1.86 bits per heavy atom. The minimum absolute atomic E-state index is 0.0166. The van der Waals surface area contributed by atoms with E-state index >= 15 is 0 Å². The van der Waals surface area contributed by atoms with Crippen molar-refractivity contribution >= 4 is 37.6 Å². The molecule has 118 valence electrons. The van der Waals surface area contributed by atoms with Crippen LogP contribution in [-0.4, -0.2) is 33.0 Å². The van der Waals surface area contributed by atoms with E-state index in [1.54, 1.807) is 6.92 Å².